The van der Waals surface area contributed by atoms with E-state index in [9.17, 15) is 4.79 Å². The molecule has 0 amide bonds. The second-order valence-corrected chi connectivity index (χ2v) is 6.14. The quantitative estimate of drug-likeness (QED) is 0.919. The van der Waals surface area contributed by atoms with E-state index in [1.165, 1.54) is 0 Å². The summed E-state index contributed by atoms with van der Waals surface area (Å²) >= 11 is 0. The van der Waals surface area contributed by atoms with Crippen LogP contribution in [-0.2, 0) is 6.42 Å². The maximum Gasteiger partial charge on any atom is 0.227 e. The number of rotatable bonds is 2. The van der Waals surface area contributed by atoms with Crippen LogP contribution in [0.25, 0.3) is 0 Å². The topological polar surface area (TPSA) is 78.7 Å². The fraction of sp³-hybridized carbons (Fsp3) is 0.294. The summed E-state index contributed by atoms with van der Waals surface area (Å²) in [5, 5.41) is 11.9. The minimum absolute atomic E-state index is 0.170. The summed E-state index contributed by atoms with van der Waals surface area (Å²) in [7, 11) is 0. The molecule has 0 atom stereocenters. The molecule has 0 unspecified atom stereocenters. The highest BCUT2D eigenvalue weighted by Gasteiger charge is 2.48. The van der Waals surface area contributed by atoms with Crippen LogP contribution in [0.4, 0.5) is 11.6 Å². The highest BCUT2D eigenvalue weighted by Crippen LogP contribution is 2.54. The van der Waals surface area contributed by atoms with Gasteiger partial charge in [0.25, 0.3) is 0 Å². The largest absolute Gasteiger partial charge is 0.324 e. The predicted octanol–water partition coefficient (Wildman–Crippen LogP) is 3.00. The van der Waals surface area contributed by atoms with Crippen molar-refractivity contribution in [2.45, 2.75) is 25.7 Å². The number of aromatic nitrogens is 2. The summed E-state index contributed by atoms with van der Waals surface area (Å²) in [5.41, 5.74) is 3.15. The fourth-order valence-corrected chi connectivity index (χ4v) is 2.99. The maximum atomic E-state index is 12.2. The Bertz CT molecular complexity index is 800. The number of nitrogens with one attached hydrogen (secondary N) is 1. The van der Waals surface area contributed by atoms with Gasteiger partial charge in [-0.1, -0.05) is 0 Å². The SMILES string of the molecule is N#Cc1ccc(Nc2ncc3c(n2)CC2(CC2)CC3=O)cc1. The number of carbonyl (C=O) groups excluding carboxylic acids is 1. The molecule has 1 aromatic heterocycles. The zero-order valence-electron chi connectivity index (χ0n) is 12.0. The molecule has 5 heteroatoms. The van der Waals surface area contributed by atoms with Crippen LogP contribution in [0.15, 0.2) is 30.5 Å². The molecule has 0 aliphatic heterocycles. The predicted molar refractivity (Wildman–Crippen MR) is 80.8 cm³/mol. The Labute approximate surface area is 128 Å². The molecular formula is C17H14N4O. The Balaban J connectivity index is 1.61. The Morgan fingerprint density at radius 2 is 1.95 bits per heavy atom. The Hall–Kier alpha value is -2.74. The van der Waals surface area contributed by atoms with Gasteiger partial charge in [0.05, 0.1) is 22.9 Å². The number of anilines is 2. The third-order valence-corrected chi connectivity index (χ3v) is 4.47. The number of benzene rings is 1. The van der Waals surface area contributed by atoms with Crippen LogP contribution in [0.2, 0.25) is 0 Å². The molecule has 22 heavy (non-hydrogen) atoms. The number of Topliss-reactive ketones (excluding diaryl/α,β-unsaturated/α-hetero) is 1. The number of carbonyl (C=O) groups is 1. The van der Waals surface area contributed by atoms with Crippen LogP contribution in [0.1, 0.15) is 40.9 Å². The molecule has 1 spiro atoms. The first-order valence-corrected chi connectivity index (χ1v) is 7.34. The van der Waals surface area contributed by atoms with Gasteiger partial charge >= 0.3 is 0 Å². The average Bonchev–Trinajstić information content (AvgIpc) is 3.26. The van der Waals surface area contributed by atoms with Crippen molar-refractivity contribution in [3.05, 3.63) is 47.3 Å². The van der Waals surface area contributed by atoms with E-state index >= 15 is 0 Å². The van der Waals surface area contributed by atoms with Gasteiger partial charge < -0.3 is 5.32 Å². The molecule has 2 aliphatic rings. The summed E-state index contributed by atoms with van der Waals surface area (Å²) in [5.74, 6) is 0.664. The van der Waals surface area contributed by atoms with E-state index in [0.29, 0.717) is 23.5 Å². The van der Waals surface area contributed by atoms with Crippen LogP contribution in [0.5, 0.6) is 0 Å². The average molecular weight is 290 g/mol. The van der Waals surface area contributed by atoms with Gasteiger partial charge in [-0.2, -0.15) is 5.26 Å². The second-order valence-electron chi connectivity index (χ2n) is 6.14. The molecule has 108 valence electrons. The molecule has 2 aliphatic carbocycles. The minimum atomic E-state index is 0.170. The van der Waals surface area contributed by atoms with Gasteiger partial charge in [0.15, 0.2) is 5.78 Å². The Morgan fingerprint density at radius 1 is 1.18 bits per heavy atom. The summed E-state index contributed by atoms with van der Waals surface area (Å²) in [6, 6.07) is 9.19. The summed E-state index contributed by atoms with van der Waals surface area (Å²) in [6.45, 7) is 0. The molecule has 5 nitrogen and oxygen atoms in total. The molecule has 1 saturated carbocycles. The molecule has 1 heterocycles. The van der Waals surface area contributed by atoms with E-state index in [4.69, 9.17) is 5.26 Å². The van der Waals surface area contributed by atoms with Gasteiger partial charge in [0, 0.05) is 18.3 Å². The lowest BCUT2D eigenvalue weighted by molar-refractivity contribution is 0.0939. The normalized spacial score (nSPS) is 17.7. The van der Waals surface area contributed by atoms with E-state index in [1.54, 1.807) is 18.3 Å². The van der Waals surface area contributed by atoms with E-state index in [1.807, 2.05) is 12.1 Å². The Morgan fingerprint density at radius 3 is 2.64 bits per heavy atom. The maximum absolute atomic E-state index is 12.2. The molecule has 2 aromatic rings. The first-order valence-electron chi connectivity index (χ1n) is 7.34. The zero-order valence-corrected chi connectivity index (χ0v) is 12.0. The van der Waals surface area contributed by atoms with Crippen molar-refractivity contribution in [2.24, 2.45) is 5.41 Å². The summed E-state index contributed by atoms with van der Waals surface area (Å²) in [6.07, 6.45) is 5.40. The molecule has 1 N–H and O–H groups in total. The lowest BCUT2D eigenvalue weighted by Gasteiger charge is -2.22. The molecule has 4 rings (SSSR count). The molecule has 0 bridgehead atoms. The lowest BCUT2D eigenvalue weighted by atomic mass is 9.84. The van der Waals surface area contributed by atoms with Crippen molar-refractivity contribution in [1.82, 2.24) is 9.97 Å². The fourth-order valence-electron chi connectivity index (χ4n) is 2.99. The minimum Gasteiger partial charge on any atom is -0.324 e. The number of ketones is 1. The van der Waals surface area contributed by atoms with Crippen molar-refractivity contribution in [1.29, 1.82) is 5.26 Å². The lowest BCUT2D eigenvalue weighted by Crippen LogP contribution is -2.23. The van der Waals surface area contributed by atoms with Crippen LogP contribution in [-0.4, -0.2) is 15.8 Å². The number of nitrogens with zero attached hydrogens (tertiary/aromatic N) is 3. The van der Waals surface area contributed by atoms with Crippen LogP contribution >= 0.6 is 0 Å². The van der Waals surface area contributed by atoms with E-state index in [0.717, 1.165) is 30.6 Å². The monoisotopic (exact) mass is 290 g/mol. The second kappa shape index (κ2) is 4.63. The number of fused-ring (bicyclic) bond motifs is 1. The van der Waals surface area contributed by atoms with E-state index < -0.39 is 0 Å². The molecule has 1 aromatic carbocycles. The Kier molecular flexibility index (Phi) is 2.73. The molecular weight excluding hydrogens is 276 g/mol. The van der Waals surface area contributed by atoms with Crippen LogP contribution < -0.4 is 5.32 Å². The van der Waals surface area contributed by atoms with Gasteiger partial charge in [-0.3, -0.25) is 4.79 Å². The summed E-state index contributed by atoms with van der Waals surface area (Å²) < 4.78 is 0. The van der Waals surface area contributed by atoms with Crippen LogP contribution in [0, 0.1) is 16.7 Å². The third kappa shape index (κ3) is 2.23. The van der Waals surface area contributed by atoms with Gasteiger partial charge in [-0.25, -0.2) is 9.97 Å². The van der Waals surface area contributed by atoms with Gasteiger partial charge in [-0.15, -0.1) is 0 Å². The number of hydrogen-bond donors (Lipinski definition) is 1. The van der Waals surface area contributed by atoms with Gasteiger partial charge in [0.2, 0.25) is 5.95 Å². The zero-order chi connectivity index (χ0) is 15.2. The van der Waals surface area contributed by atoms with Crippen molar-refractivity contribution in [3.63, 3.8) is 0 Å². The summed E-state index contributed by atoms with van der Waals surface area (Å²) in [4.78, 5) is 20.9. The first-order chi connectivity index (χ1) is 10.7. The standard InChI is InChI=1S/C17H14N4O/c18-9-11-1-3-12(4-2-11)20-16-19-10-13-14(21-16)7-17(5-6-17)8-15(13)22/h1-4,10H,5-8H2,(H,19,20,21). The van der Waals surface area contributed by atoms with E-state index in [2.05, 4.69) is 21.4 Å². The van der Waals surface area contributed by atoms with E-state index in [-0.39, 0.29) is 11.2 Å². The molecule has 0 saturated heterocycles. The highest BCUT2D eigenvalue weighted by atomic mass is 16.1. The third-order valence-electron chi connectivity index (χ3n) is 4.47. The van der Waals surface area contributed by atoms with Crippen molar-refractivity contribution in [2.75, 3.05) is 5.32 Å². The molecule has 0 radical (unpaired) electrons. The van der Waals surface area contributed by atoms with Crippen molar-refractivity contribution < 1.29 is 4.79 Å². The van der Waals surface area contributed by atoms with Crippen LogP contribution in [0.3, 0.4) is 0 Å². The number of nitriles is 1. The first kappa shape index (κ1) is 13.0. The smallest absolute Gasteiger partial charge is 0.227 e. The highest BCUT2D eigenvalue weighted by molar-refractivity contribution is 5.98. The molecule has 1 fully saturated rings. The number of hydrogen-bond acceptors (Lipinski definition) is 5. The van der Waals surface area contributed by atoms with Crippen molar-refractivity contribution in [3.8, 4) is 6.07 Å². The van der Waals surface area contributed by atoms with Crippen molar-refractivity contribution >= 4 is 17.4 Å². The van der Waals surface area contributed by atoms with Gasteiger partial charge in [0.1, 0.15) is 0 Å². The van der Waals surface area contributed by atoms with Gasteiger partial charge in [-0.05, 0) is 48.9 Å².